The smallest absolute Gasteiger partial charge is 0.330 e. The van der Waals surface area contributed by atoms with E-state index in [9.17, 15) is 14.9 Å². The molecule has 0 unspecified atom stereocenters. The Hall–Kier alpha value is -2.48. The Balaban J connectivity index is 1.70. The number of carbonyl (C=O) groups is 1. The van der Waals surface area contributed by atoms with Gasteiger partial charge in [0.15, 0.2) is 0 Å². The zero-order chi connectivity index (χ0) is 15.5. The van der Waals surface area contributed by atoms with Crippen LogP contribution in [0.5, 0.6) is 0 Å². The number of nitrogens with zero attached hydrogens (tertiary/aromatic N) is 3. The van der Waals surface area contributed by atoms with E-state index in [0.29, 0.717) is 32.0 Å². The third kappa shape index (κ3) is 2.77. The van der Waals surface area contributed by atoms with Gasteiger partial charge in [0.1, 0.15) is 13.1 Å². The number of amides is 1. The predicted molar refractivity (Wildman–Crippen MR) is 82.1 cm³/mol. The van der Waals surface area contributed by atoms with Crippen LogP contribution in [-0.2, 0) is 0 Å². The summed E-state index contributed by atoms with van der Waals surface area (Å²) in [7, 11) is 0. The zero-order valence-corrected chi connectivity index (χ0v) is 12.6. The molecular weight excluding hydrogens is 304 g/mol. The molecule has 0 radical (unpaired) electrons. The van der Waals surface area contributed by atoms with Gasteiger partial charge in [0, 0.05) is 6.07 Å². The molecule has 1 fully saturated rings. The van der Waals surface area contributed by atoms with Gasteiger partial charge in [0.2, 0.25) is 0 Å². The second-order valence-corrected chi connectivity index (χ2v) is 5.87. The van der Waals surface area contributed by atoms with Gasteiger partial charge in [-0.3, -0.25) is 19.8 Å². The highest BCUT2D eigenvalue weighted by Crippen LogP contribution is 2.23. The van der Waals surface area contributed by atoms with Crippen LogP contribution in [0.3, 0.4) is 0 Å². The summed E-state index contributed by atoms with van der Waals surface area (Å²) >= 11 is 1.43. The van der Waals surface area contributed by atoms with Gasteiger partial charge in [-0.2, -0.15) is 0 Å². The Morgan fingerprint density at radius 3 is 2.64 bits per heavy atom. The SMILES string of the molecule is O=C(c1cccs1)N1CCN(c2[nH+]cccc2[N+](=O)[O-])CC1. The Kier molecular flexibility index (Phi) is 4.01. The van der Waals surface area contributed by atoms with Crippen molar-refractivity contribution in [2.24, 2.45) is 0 Å². The molecule has 3 rings (SSSR count). The minimum Gasteiger partial charge on any atom is -0.330 e. The number of anilines is 1. The van der Waals surface area contributed by atoms with Crippen LogP contribution in [0.15, 0.2) is 35.8 Å². The van der Waals surface area contributed by atoms with Gasteiger partial charge < -0.3 is 4.90 Å². The van der Waals surface area contributed by atoms with E-state index in [4.69, 9.17) is 0 Å². The number of H-pyrrole nitrogens is 1. The van der Waals surface area contributed by atoms with Gasteiger partial charge >= 0.3 is 11.5 Å². The van der Waals surface area contributed by atoms with Crippen molar-refractivity contribution in [1.29, 1.82) is 0 Å². The molecule has 0 aromatic carbocycles. The fourth-order valence-electron chi connectivity index (χ4n) is 2.51. The van der Waals surface area contributed by atoms with E-state index in [0.717, 1.165) is 4.88 Å². The number of aromatic nitrogens is 1. The van der Waals surface area contributed by atoms with Crippen LogP contribution in [0.4, 0.5) is 11.5 Å². The summed E-state index contributed by atoms with van der Waals surface area (Å²) in [6, 6.07) is 6.76. The van der Waals surface area contributed by atoms with Gasteiger partial charge in [-0.15, -0.1) is 11.3 Å². The molecule has 0 atom stereocenters. The lowest BCUT2D eigenvalue weighted by atomic mass is 10.2. The summed E-state index contributed by atoms with van der Waals surface area (Å²) in [4.78, 5) is 30.3. The van der Waals surface area contributed by atoms with E-state index in [1.165, 1.54) is 17.4 Å². The number of nitrogens with one attached hydrogen (secondary N) is 1. The molecule has 1 N–H and O–H groups in total. The molecule has 1 aliphatic heterocycles. The first-order chi connectivity index (χ1) is 10.7. The Bertz CT molecular complexity index is 681. The summed E-state index contributed by atoms with van der Waals surface area (Å²) in [6.07, 6.45) is 1.67. The molecule has 114 valence electrons. The Morgan fingerprint density at radius 1 is 1.23 bits per heavy atom. The fourth-order valence-corrected chi connectivity index (χ4v) is 3.20. The lowest BCUT2D eigenvalue weighted by molar-refractivity contribution is -0.411. The monoisotopic (exact) mass is 319 g/mol. The number of aromatic amines is 1. The van der Waals surface area contributed by atoms with Crippen molar-refractivity contribution in [2.45, 2.75) is 0 Å². The minimum atomic E-state index is -0.394. The van der Waals surface area contributed by atoms with E-state index in [-0.39, 0.29) is 11.6 Å². The molecule has 0 saturated carbocycles. The average molecular weight is 319 g/mol. The van der Waals surface area contributed by atoms with Crippen LogP contribution in [0.25, 0.3) is 0 Å². The molecule has 2 aromatic heterocycles. The molecule has 0 spiro atoms. The van der Waals surface area contributed by atoms with Crippen molar-refractivity contribution < 1.29 is 14.7 Å². The molecular formula is C14H15N4O3S+. The van der Waals surface area contributed by atoms with E-state index in [1.807, 2.05) is 22.4 Å². The lowest BCUT2D eigenvalue weighted by Crippen LogP contribution is -2.50. The first-order valence-corrected chi connectivity index (χ1v) is 7.77. The van der Waals surface area contributed by atoms with E-state index in [2.05, 4.69) is 4.98 Å². The molecule has 8 heteroatoms. The zero-order valence-electron chi connectivity index (χ0n) is 11.8. The summed E-state index contributed by atoms with van der Waals surface area (Å²) < 4.78 is 0. The molecule has 1 aliphatic rings. The predicted octanol–water partition coefficient (Wildman–Crippen LogP) is 1.43. The van der Waals surface area contributed by atoms with E-state index < -0.39 is 4.92 Å². The van der Waals surface area contributed by atoms with Crippen molar-refractivity contribution >= 4 is 28.7 Å². The van der Waals surface area contributed by atoms with Crippen molar-refractivity contribution in [3.63, 3.8) is 0 Å². The highest BCUT2D eigenvalue weighted by Gasteiger charge is 2.32. The largest absolute Gasteiger partial charge is 0.357 e. The molecule has 0 aliphatic carbocycles. The molecule has 7 nitrogen and oxygen atoms in total. The molecule has 22 heavy (non-hydrogen) atoms. The molecule has 2 aromatic rings. The highest BCUT2D eigenvalue weighted by atomic mass is 32.1. The van der Waals surface area contributed by atoms with E-state index in [1.54, 1.807) is 17.2 Å². The molecule has 1 saturated heterocycles. The standard InChI is InChI=1S/C14H14N4O3S/c19-14(12-4-2-10-22-12)17-8-6-16(7-9-17)13-11(18(20)21)3-1-5-15-13/h1-5,10H,6-9H2/p+1. The van der Waals surface area contributed by atoms with Gasteiger partial charge in [-0.25, -0.2) is 4.98 Å². The molecule has 1 amide bonds. The number of carbonyl (C=O) groups excluding carboxylic acids is 1. The van der Waals surface area contributed by atoms with Crippen LogP contribution in [0.2, 0.25) is 0 Å². The van der Waals surface area contributed by atoms with Gasteiger partial charge in [-0.05, 0) is 17.5 Å². The summed E-state index contributed by atoms with van der Waals surface area (Å²) in [5.41, 5.74) is 0.0560. The third-order valence-corrected chi connectivity index (χ3v) is 4.48. The molecule has 3 heterocycles. The average Bonchev–Trinajstić information content (AvgIpc) is 3.09. The first kappa shape index (κ1) is 14.5. The maximum absolute atomic E-state index is 12.3. The summed E-state index contributed by atoms with van der Waals surface area (Å²) in [5.74, 6) is 0.525. The quantitative estimate of drug-likeness (QED) is 0.633. The van der Waals surface area contributed by atoms with Crippen molar-refractivity contribution in [2.75, 3.05) is 31.1 Å². The summed E-state index contributed by atoms with van der Waals surface area (Å²) in [6.45, 7) is 2.24. The Labute approximate surface area is 131 Å². The second-order valence-electron chi connectivity index (χ2n) is 4.92. The van der Waals surface area contributed by atoms with Crippen molar-refractivity contribution in [3.05, 3.63) is 50.8 Å². The second kappa shape index (κ2) is 6.10. The van der Waals surface area contributed by atoms with Crippen LogP contribution in [-0.4, -0.2) is 41.9 Å². The van der Waals surface area contributed by atoms with Crippen LogP contribution < -0.4 is 9.88 Å². The maximum atomic E-state index is 12.3. The normalized spacial score (nSPS) is 14.9. The number of rotatable bonds is 3. The van der Waals surface area contributed by atoms with Crippen molar-refractivity contribution in [3.8, 4) is 0 Å². The van der Waals surface area contributed by atoms with Gasteiger partial charge in [-0.1, -0.05) is 6.07 Å². The first-order valence-electron chi connectivity index (χ1n) is 6.89. The highest BCUT2D eigenvalue weighted by molar-refractivity contribution is 7.12. The van der Waals surface area contributed by atoms with E-state index >= 15 is 0 Å². The topological polar surface area (TPSA) is 80.8 Å². The molecule has 0 bridgehead atoms. The number of hydrogen-bond donors (Lipinski definition) is 0. The van der Waals surface area contributed by atoms with Crippen molar-refractivity contribution in [1.82, 2.24) is 4.90 Å². The number of hydrogen-bond acceptors (Lipinski definition) is 5. The maximum Gasteiger partial charge on any atom is 0.357 e. The number of pyridine rings is 1. The minimum absolute atomic E-state index is 0.0289. The van der Waals surface area contributed by atoms with Gasteiger partial charge in [0.05, 0.1) is 29.1 Å². The lowest BCUT2D eigenvalue weighted by Gasteiger charge is -2.30. The van der Waals surface area contributed by atoms with Crippen LogP contribution in [0.1, 0.15) is 9.67 Å². The number of nitro groups is 1. The third-order valence-electron chi connectivity index (χ3n) is 3.62. The summed E-state index contributed by atoms with van der Waals surface area (Å²) in [5, 5.41) is 13.0. The van der Waals surface area contributed by atoms with Crippen LogP contribution in [0, 0.1) is 10.1 Å². The Morgan fingerprint density at radius 2 is 2.00 bits per heavy atom. The van der Waals surface area contributed by atoms with Crippen LogP contribution >= 0.6 is 11.3 Å². The fraction of sp³-hybridized carbons (Fsp3) is 0.286. The number of thiophene rings is 1. The van der Waals surface area contributed by atoms with Gasteiger partial charge in [0.25, 0.3) is 5.91 Å². The number of piperazine rings is 1.